The topological polar surface area (TPSA) is 80.6 Å². The van der Waals surface area contributed by atoms with Crippen LogP contribution in [0.1, 0.15) is 34.8 Å². The highest BCUT2D eigenvalue weighted by molar-refractivity contribution is 5.95. The summed E-state index contributed by atoms with van der Waals surface area (Å²) in [5.41, 5.74) is 3.92. The van der Waals surface area contributed by atoms with Crippen LogP contribution >= 0.6 is 0 Å². The van der Waals surface area contributed by atoms with E-state index in [1.54, 1.807) is 10.6 Å². The molecule has 1 aromatic heterocycles. The van der Waals surface area contributed by atoms with E-state index in [-0.39, 0.29) is 35.6 Å². The number of fused-ring (bicyclic) bond motifs is 4. The molecule has 2 bridgehead atoms. The van der Waals surface area contributed by atoms with E-state index in [1.807, 2.05) is 53.4 Å². The second-order valence-electron chi connectivity index (χ2n) is 9.33. The van der Waals surface area contributed by atoms with Crippen molar-refractivity contribution in [3.05, 3.63) is 88.3 Å². The van der Waals surface area contributed by atoms with Crippen LogP contribution in [-0.2, 0) is 16.1 Å². The summed E-state index contributed by atoms with van der Waals surface area (Å²) >= 11 is 0. The van der Waals surface area contributed by atoms with Crippen LogP contribution in [-0.4, -0.2) is 48.1 Å². The fraction of sp³-hybridized carbons (Fsp3) is 0.321. The summed E-state index contributed by atoms with van der Waals surface area (Å²) in [5, 5.41) is 2.71. The van der Waals surface area contributed by atoms with Gasteiger partial charge in [-0.15, -0.1) is 0 Å². The number of likely N-dealkylation sites (tertiary alicyclic amines) is 1. The Kier molecular flexibility index (Phi) is 6.51. The number of rotatable bonds is 6. The maximum absolute atomic E-state index is 13.3. The van der Waals surface area contributed by atoms with Gasteiger partial charge < -0.3 is 19.5 Å². The first-order chi connectivity index (χ1) is 17.0. The molecule has 2 aromatic carbocycles. The van der Waals surface area contributed by atoms with E-state index in [2.05, 4.69) is 17.4 Å². The highest BCUT2D eigenvalue weighted by Crippen LogP contribution is 2.36. The van der Waals surface area contributed by atoms with E-state index < -0.39 is 0 Å². The molecular formula is C28H29N3O4. The molecule has 180 valence electrons. The molecule has 3 heterocycles. The Bertz CT molecular complexity index is 1280. The highest BCUT2D eigenvalue weighted by atomic mass is 16.5. The lowest BCUT2D eigenvalue weighted by Gasteiger charge is -2.43. The number of carbonyl (C=O) groups excluding carboxylic acids is 2. The van der Waals surface area contributed by atoms with Crippen molar-refractivity contribution in [2.75, 3.05) is 32.1 Å². The number of hydrogen-bond acceptors (Lipinski definition) is 4. The minimum absolute atomic E-state index is 0.0251. The lowest BCUT2D eigenvalue weighted by atomic mass is 9.83. The third-order valence-electron chi connectivity index (χ3n) is 6.94. The molecule has 5 rings (SSSR count). The van der Waals surface area contributed by atoms with Crippen molar-refractivity contribution in [1.29, 1.82) is 0 Å². The number of nitrogens with one attached hydrogen (secondary N) is 1. The summed E-state index contributed by atoms with van der Waals surface area (Å²) < 4.78 is 6.71. The van der Waals surface area contributed by atoms with Gasteiger partial charge in [0.05, 0.1) is 13.0 Å². The Morgan fingerprint density at radius 1 is 0.943 bits per heavy atom. The average molecular weight is 472 g/mol. The number of methoxy groups -OCH3 is 1. The minimum Gasteiger partial charge on any atom is -0.384 e. The zero-order chi connectivity index (χ0) is 24.4. The summed E-state index contributed by atoms with van der Waals surface area (Å²) in [6.45, 7) is 2.05. The van der Waals surface area contributed by atoms with Gasteiger partial charge in [0.25, 0.3) is 11.5 Å². The number of carbonyl (C=O) groups is 2. The van der Waals surface area contributed by atoms with Gasteiger partial charge in [0.2, 0.25) is 5.91 Å². The lowest BCUT2D eigenvalue weighted by Crippen LogP contribution is -2.49. The molecule has 1 fully saturated rings. The summed E-state index contributed by atoms with van der Waals surface area (Å²) in [7, 11) is 1.54. The molecule has 3 aromatic rings. The number of benzene rings is 2. The minimum atomic E-state index is -0.240. The van der Waals surface area contributed by atoms with Gasteiger partial charge in [0, 0.05) is 43.9 Å². The van der Waals surface area contributed by atoms with Gasteiger partial charge in [0.15, 0.2) is 0 Å². The van der Waals surface area contributed by atoms with E-state index in [1.165, 1.54) is 7.11 Å². The van der Waals surface area contributed by atoms with Gasteiger partial charge in [-0.2, -0.15) is 0 Å². The molecule has 0 saturated carbocycles. The molecule has 0 radical (unpaired) electrons. The molecule has 7 heteroatoms. The van der Waals surface area contributed by atoms with Crippen LogP contribution in [0.4, 0.5) is 5.69 Å². The normalized spacial score (nSPS) is 18.6. The van der Waals surface area contributed by atoms with Gasteiger partial charge in [0.1, 0.15) is 5.69 Å². The Hall–Kier alpha value is -3.71. The molecule has 2 aliphatic rings. The first-order valence-electron chi connectivity index (χ1n) is 12.0. The molecule has 2 aliphatic heterocycles. The maximum Gasteiger partial charge on any atom is 0.274 e. The van der Waals surface area contributed by atoms with Crippen molar-refractivity contribution in [2.24, 2.45) is 5.92 Å². The van der Waals surface area contributed by atoms with Crippen LogP contribution in [0.2, 0.25) is 0 Å². The van der Waals surface area contributed by atoms with E-state index in [9.17, 15) is 14.4 Å². The van der Waals surface area contributed by atoms with Crippen molar-refractivity contribution in [3.63, 3.8) is 0 Å². The number of nitrogens with zero attached hydrogens (tertiary/aromatic N) is 2. The van der Waals surface area contributed by atoms with Crippen molar-refractivity contribution < 1.29 is 14.3 Å². The summed E-state index contributed by atoms with van der Waals surface area (Å²) in [6, 6.07) is 21.5. The number of aromatic nitrogens is 1. The SMILES string of the molecule is COCCC(=O)Nc1ccc2n(c1=O)C[C@H]1C[C@@H]2CN(C(=O)c2ccc(-c3ccccc3)cc2)C1. The number of piperidine rings is 1. The van der Waals surface area contributed by atoms with Crippen LogP contribution in [0.3, 0.4) is 0 Å². The highest BCUT2D eigenvalue weighted by Gasteiger charge is 2.37. The molecule has 0 spiro atoms. The molecule has 2 amide bonds. The van der Waals surface area contributed by atoms with Crippen molar-refractivity contribution >= 4 is 17.5 Å². The number of anilines is 1. The van der Waals surface area contributed by atoms with Crippen LogP contribution < -0.4 is 10.9 Å². The smallest absolute Gasteiger partial charge is 0.274 e. The second kappa shape index (κ2) is 9.88. The average Bonchev–Trinajstić information content (AvgIpc) is 2.89. The predicted molar refractivity (Wildman–Crippen MR) is 134 cm³/mol. The Labute approximate surface area is 204 Å². The van der Waals surface area contributed by atoms with Gasteiger partial charge >= 0.3 is 0 Å². The molecule has 7 nitrogen and oxygen atoms in total. The third kappa shape index (κ3) is 4.77. The van der Waals surface area contributed by atoms with Crippen LogP contribution in [0.15, 0.2) is 71.5 Å². The number of hydrogen-bond donors (Lipinski definition) is 1. The zero-order valence-electron chi connectivity index (χ0n) is 19.8. The number of amides is 2. The number of ether oxygens (including phenoxy) is 1. The van der Waals surface area contributed by atoms with Crippen LogP contribution in [0, 0.1) is 5.92 Å². The Morgan fingerprint density at radius 2 is 1.69 bits per heavy atom. The summed E-state index contributed by atoms with van der Waals surface area (Å²) in [6.07, 6.45) is 1.15. The maximum atomic E-state index is 13.3. The van der Waals surface area contributed by atoms with E-state index in [0.717, 1.165) is 23.2 Å². The van der Waals surface area contributed by atoms with Gasteiger partial charge in [-0.3, -0.25) is 14.4 Å². The molecule has 0 unspecified atom stereocenters. The first kappa shape index (κ1) is 23.1. The van der Waals surface area contributed by atoms with E-state index >= 15 is 0 Å². The quantitative estimate of drug-likeness (QED) is 0.594. The van der Waals surface area contributed by atoms with Crippen molar-refractivity contribution in [2.45, 2.75) is 25.3 Å². The second-order valence-corrected chi connectivity index (χ2v) is 9.33. The Balaban J connectivity index is 1.31. The molecular weight excluding hydrogens is 442 g/mol. The summed E-state index contributed by atoms with van der Waals surface area (Å²) in [5.74, 6) is 0.0830. The molecule has 1 N–H and O–H groups in total. The fourth-order valence-electron chi connectivity index (χ4n) is 5.23. The number of pyridine rings is 1. The van der Waals surface area contributed by atoms with Crippen molar-refractivity contribution in [3.8, 4) is 11.1 Å². The molecule has 1 saturated heterocycles. The molecule has 35 heavy (non-hydrogen) atoms. The predicted octanol–water partition coefficient (Wildman–Crippen LogP) is 3.75. The summed E-state index contributed by atoms with van der Waals surface area (Å²) in [4.78, 5) is 40.4. The Morgan fingerprint density at radius 3 is 2.43 bits per heavy atom. The van der Waals surface area contributed by atoms with Crippen LogP contribution in [0.5, 0.6) is 0 Å². The van der Waals surface area contributed by atoms with Gasteiger partial charge in [-0.1, -0.05) is 42.5 Å². The van der Waals surface area contributed by atoms with Crippen LogP contribution in [0.25, 0.3) is 11.1 Å². The largest absolute Gasteiger partial charge is 0.384 e. The van der Waals surface area contributed by atoms with E-state index in [0.29, 0.717) is 37.5 Å². The van der Waals surface area contributed by atoms with Gasteiger partial charge in [-0.05, 0) is 47.7 Å². The third-order valence-corrected chi connectivity index (χ3v) is 6.94. The van der Waals surface area contributed by atoms with E-state index in [4.69, 9.17) is 4.74 Å². The zero-order valence-corrected chi connectivity index (χ0v) is 19.8. The lowest BCUT2D eigenvalue weighted by molar-refractivity contribution is -0.117. The molecule has 0 aliphatic carbocycles. The van der Waals surface area contributed by atoms with Crippen molar-refractivity contribution in [1.82, 2.24) is 9.47 Å². The standard InChI is InChI=1S/C28H29N3O4/c1-35-14-13-26(32)29-24-11-12-25-23-15-19(17-31(25)28(24)34)16-30(18-23)27(33)22-9-7-21(8-10-22)20-5-3-2-4-6-20/h2-12,19,23H,13-18H2,1H3,(H,29,32)/t19-,23+/m0/s1. The molecule has 2 atom stereocenters. The monoisotopic (exact) mass is 471 g/mol. The first-order valence-corrected chi connectivity index (χ1v) is 12.0. The fourth-order valence-corrected chi connectivity index (χ4v) is 5.23. The van der Waals surface area contributed by atoms with Gasteiger partial charge in [-0.25, -0.2) is 0 Å².